The molecule has 0 spiro atoms. The molecule has 1 aromatic carbocycles. The van der Waals surface area contributed by atoms with Crippen molar-refractivity contribution < 1.29 is 14.6 Å². The fraction of sp³-hybridized carbons (Fsp3) is 0.286. The molecule has 3 aromatic rings. The van der Waals surface area contributed by atoms with E-state index in [0.717, 1.165) is 34.4 Å². The van der Waals surface area contributed by atoms with Crippen LogP contribution < -0.4 is 4.74 Å². The third-order valence-electron chi connectivity index (χ3n) is 4.83. The van der Waals surface area contributed by atoms with E-state index in [9.17, 15) is 5.11 Å². The number of fused-ring (bicyclic) bond motifs is 1. The maximum atomic E-state index is 10.5. The highest BCUT2D eigenvalue weighted by Gasteiger charge is 2.36. The van der Waals surface area contributed by atoms with Gasteiger partial charge >= 0.3 is 0 Å². The van der Waals surface area contributed by atoms with Gasteiger partial charge in [0.15, 0.2) is 0 Å². The summed E-state index contributed by atoms with van der Waals surface area (Å²) in [5.74, 6) is 0.729. The Balaban J connectivity index is 1.40. The summed E-state index contributed by atoms with van der Waals surface area (Å²) in [6.07, 6.45) is 3.89. The van der Waals surface area contributed by atoms with Crippen molar-refractivity contribution in [2.45, 2.75) is 24.7 Å². The number of thioether (sulfide) groups is 1. The minimum Gasteiger partial charge on any atom is -0.491 e. The smallest absolute Gasteiger partial charge is 0.124 e. The molecule has 3 atom stereocenters. The molecule has 3 N–H and O–H groups in total. The lowest BCUT2D eigenvalue weighted by atomic mass is 10.1. The predicted molar refractivity (Wildman–Crippen MR) is 115 cm³/mol. The van der Waals surface area contributed by atoms with Gasteiger partial charge < -0.3 is 19.6 Å². The minimum atomic E-state index is -0.620. The first-order chi connectivity index (χ1) is 14.2. The Morgan fingerprint density at radius 1 is 1.41 bits per heavy atom. The molecule has 1 aliphatic rings. The van der Waals surface area contributed by atoms with Gasteiger partial charge in [-0.1, -0.05) is 6.07 Å². The number of aromatic nitrogens is 2. The summed E-state index contributed by atoms with van der Waals surface area (Å²) in [4.78, 5) is 11.6. The van der Waals surface area contributed by atoms with E-state index in [0.29, 0.717) is 18.1 Å². The number of pyridine rings is 1. The molecule has 1 fully saturated rings. The predicted octanol–water partition coefficient (Wildman–Crippen LogP) is 3.55. The number of nitrogens with zero attached hydrogens (tertiary/aromatic N) is 2. The van der Waals surface area contributed by atoms with Crippen molar-refractivity contribution in [3.63, 3.8) is 0 Å². The Morgan fingerprint density at radius 3 is 3.14 bits per heavy atom. The number of ether oxygens (including phenoxy) is 2. The van der Waals surface area contributed by atoms with Crippen molar-refractivity contribution >= 4 is 34.0 Å². The third-order valence-corrected chi connectivity index (χ3v) is 5.54. The van der Waals surface area contributed by atoms with Crippen LogP contribution in [0.3, 0.4) is 0 Å². The number of aliphatic hydroxyl groups is 1. The van der Waals surface area contributed by atoms with E-state index >= 15 is 0 Å². The molecule has 0 radical (unpaired) electrons. The topological polar surface area (TPSA) is 104 Å². The molecule has 0 amide bonds. The maximum Gasteiger partial charge on any atom is 0.124 e. The number of nitrogens with one attached hydrogen (secondary N) is 2. The van der Waals surface area contributed by atoms with Crippen LogP contribution in [0.25, 0.3) is 10.9 Å². The molecule has 7 nitrogen and oxygen atoms in total. The second-order valence-corrected chi connectivity index (χ2v) is 7.54. The fourth-order valence-corrected chi connectivity index (χ4v) is 3.95. The highest BCUT2D eigenvalue weighted by molar-refractivity contribution is 8.13. The van der Waals surface area contributed by atoms with Gasteiger partial charge in [0.2, 0.25) is 0 Å². The van der Waals surface area contributed by atoms with Crippen LogP contribution in [0.5, 0.6) is 5.75 Å². The van der Waals surface area contributed by atoms with E-state index in [4.69, 9.17) is 14.9 Å². The standard InChI is InChI=1S/C21H22N4O3S/c1-29-21(24-12-22)17-7-6-16(25-17)20-19(26)10-15(28-20)11-27-14-5-4-13-3-2-8-23-18(13)9-14/h2-9,12,15,19-20,22,25-26H,10-11H2,1H3/t15-,19+,20-/m0/s1. The summed E-state index contributed by atoms with van der Waals surface area (Å²) in [6, 6.07) is 13.5. The summed E-state index contributed by atoms with van der Waals surface area (Å²) < 4.78 is 11.9. The van der Waals surface area contributed by atoms with Gasteiger partial charge in [0.05, 0.1) is 23.4 Å². The molecular weight excluding hydrogens is 388 g/mol. The Hall–Kier alpha value is -2.68. The highest BCUT2D eigenvalue weighted by Crippen LogP contribution is 2.33. The molecule has 2 aromatic heterocycles. The molecule has 0 bridgehead atoms. The summed E-state index contributed by atoms with van der Waals surface area (Å²) in [5, 5.41) is 19.4. The average molecular weight is 410 g/mol. The lowest BCUT2D eigenvalue weighted by molar-refractivity contribution is -0.00860. The zero-order chi connectivity index (χ0) is 20.2. The average Bonchev–Trinajstić information content (AvgIpc) is 3.37. The third kappa shape index (κ3) is 4.34. The molecular formula is C21H22N4O3S. The Bertz CT molecular complexity index is 1040. The largest absolute Gasteiger partial charge is 0.491 e. The normalized spacial score (nSPS) is 22.1. The van der Waals surface area contributed by atoms with Crippen LogP contribution >= 0.6 is 11.8 Å². The first kappa shape index (κ1) is 19.6. The summed E-state index contributed by atoms with van der Waals surface area (Å²) in [6.45, 7) is 0.352. The Labute approximate surface area is 172 Å². The quantitative estimate of drug-likeness (QED) is 0.426. The van der Waals surface area contributed by atoms with E-state index in [-0.39, 0.29) is 6.10 Å². The van der Waals surface area contributed by atoms with Crippen molar-refractivity contribution in [2.24, 2.45) is 4.99 Å². The molecule has 29 heavy (non-hydrogen) atoms. The molecule has 8 heteroatoms. The number of hydrogen-bond acceptors (Lipinski definition) is 6. The number of hydrogen-bond donors (Lipinski definition) is 3. The van der Waals surface area contributed by atoms with Gasteiger partial charge in [0, 0.05) is 29.8 Å². The number of aromatic amines is 1. The van der Waals surface area contributed by atoms with Crippen molar-refractivity contribution in [3.05, 3.63) is 60.0 Å². The van der Waals surface area contributed by atoms with Crippen LogP contribution in [0.1, 0.15) is 23.9 Å². The molecule has 0 aliphatic carbocycles. The molecule has 0 saturated carbocycles. The van der Waals surface area contributed by atoms with Gasteiger partial charge in [0.1, 0.15) is 29.8 Å². The van der Waals surface area contributed by atoms with Gasteiger partial charge in [-0.2, -0.15) is 0 Å². The SMILES string of the molecule is CSC(=NC=N)c1ccc([C@@H]2O[C@H](COc3ccc4cccnc4c3)C[C@H]2O)[nH]1. The van der Waals surface area contributed by atoms with Crippen LogP contribution in [-0.4, -0.2) is 51.5 Å². The Morgan fingerprint density at radius 2 is 2.31 bits per heavy atom. The van der Waals surface area contributed by atoms with E-state index in [1.54, 1.807) is 6.20 Å². The summed E-state index contributed by atoms with van der Waals surface area (Å²) in [5.41, 5.74) is 2.47. The van der Waals surface area contributed by atoms with Crippen LogP contribution in [0, 0.1) is 5.41 Å². The van der Waals surface area contributed by atoms with Gasteiger partial charge in [0.25, 0.3) is 0 Å². The molecule has 4 rings (SSSR count). The Kier molecular flexibility index (Phi) is 5.94. The zero-order valence-corrected chi connectivity index (χ0v) is 16.7. The number of aliphatic imine (C=N–C) groups is 1. The molecule has 1 saturated heterocycles. The van der Waals surface area contributed by atoms with Crippen molar-refractivity contribution in [3.8, 4) is 5.75 Å². The number of aliphatic hydroxyl groups excluding tert-OH is 1. The van der Waals surface area contributed by atoms with Crippen molar-refractivity contribution in [2.75, 3.05) is 12.9 Å². The van der Waals surface area contributed by atoms with E-state index in [2.05, 4.69) is 15.0 Å². The first-order valence-corrected chi connectivity index (χ1v) is 10.5. The van der Waals surface area contributed by atoms with Crippen molar-refractivity contribution in [1.82, 2.24) is 9.97 Å². The maximum absolute atomic E-state index is 10.5. The molecule has 150 valence electrons. The summed E-state index contributed by atoms with van der Waals surface area (Å²) in [7, 11) is 0. The van der Waals surface area contributed by atoms with Gasteiger partial charge in [-0.25, -0.2) is 4.99 Å². The minimum absolute atomic E-state index is 0.212. The lowest BCUT2D eigenvalue weighted by Gasteiger charge is -2.14. The summed E-state index contributed by atoms with van der Waals surface area (Å²) >= 11 is 1.45. The van der Waals surface area contributed by atoms with Crippen LogP contribution in [-0.2, 0) is 4.74 Å². The fourth-order valence-electron chi connectivity index (χ4n) is 3.45. The molecule has 3 heterocycles. The van der Waals surface area contributed by atoms with Gasteiger partial charge in [-0.05, 0) is 36.6 Å². The van der Waals surface area contributed by atoms with Gasteiger partial charge in [-0.3, -0.25) is 10.4 Å². The van der Waals surface area contributed by atoms with Crippen LogP contribution in [0.2, 0.25) is 0 Å². The highest BCUT2D eigenvalue weighted by atomic mass is 32.2. The second kappa shape index (κ2) is 8.77. The monoisotopic (exact) mass is 410 g/mol. The first-order valence-electron chi connectivity index (χ1n) is 9.29. The number of rotatable bonds is 6. The van der Waals surface area contributed by atoms with Crippen LogP contribution in [0.4, 0.5) is 0 Å². The molecule has 1 aliphatic heterocycles. The lowest BCUT2D eigenvalue weighted by Crippen LogP contribution is -2.17. The van der Waals surface area contributed by atoms with E-state index in [1.165, 1.54) is 11.8 Å². The van der Waals surface area contributed by atoms with Gasteiger partial charge in [-0.15, -0.1) is 11.8 Å². The number of H-pyrrole nitrogens is 1. The van der Waals surface area contributed by atoms with E-state index < -0.39 is 12.2 Å². The second-order valence-electron chi connectivity index (χ2n) is 6.75. The molecule has 0 unspecified atom stereocenters. The zero-order valence-electron chi connectivity index (χ0n) is 15.9. The van der Waals surface area contributed by atoms with E-state index in [1.807, 2.05) is 48.7 Å². The van der Waals surface area contributed by atoms with Crippen LogP contribution in [0.15, 0.2) is 53.7 Å². The number of benzene rings is 1. The van der Waals surface area contributed by atoms with Crippen molar-refractivity contribution in [1.29, 1.82) is 5.41 Å².